The van der Waals surface area contributed by atoms with Gasteiger partial charge in [0, 0.05) is 27.6 Å². The van der Waals surface area contributed by atoms with Gasteiger partial charge in [-0.05, 0) is 18.6 Å². The highest BCUT2D eigenvalue weighted by Crippen LogP contribution is 2.35. The fourth-order valence-corrected chi connectivity index (χ4v) is 3.00. The lowest BCUT2D eigenvalue weighted by atomic mass is 10.2. The van der Waals surface area contributed by atoms with E-state index in [1.807, 2.05) is 31.2 Å². The molecule has 2 aromatic rings. The van der Waals surface area contributed by atoms with Crippen molar-refractivity contribution in [3.63, 3.8) is 0 Å². The Bertz CT molecular complexity index is 588. The number of rotatable bonds is 4. The molecule has 2 nitrogen and oxygen atoms in total. The zero-order valence-corrected chi connectivity index (χ0v) is 11.6. The Balaban J connectivity index is 2.19. The summed E-state index contributed by atoms with van der Waals surface area (Å²) in [6.07, 6.45) is 4.24. The lowest BCUT2D eigenvalue weighted by Crippen LogP contribution is -2.21. The molecule has 0 aliphatic heterocycles. The Morgan fingerprint density at radius 3 is 2.94 bits per heavy atom. The summed E-state index contributed by atoms with van der Waals surface area (Å²) in [6.45, 7) is 2.72. The summed E-state index contributed by atoms with van der Waals surface area (Å²) < 4.78 is 1.14. The second-order valence-corrected chi connectivity index (χ2v) is 5.36. The van der Waals surface area contributed by atoms with E-state index in [1.54, 1.807) is 17.4 Å². The first kappa shape index (κ1) is 13.1. The summed E-state index contributed by atoms with van der Waals surface area (Å²) >= 11 is 7.86. The predicted octanol–water partition coefficient (Wildman–Crippen LogP) is 4.09. The standard InChI is InChI=1S/C14H14ClNOS/c1-2-9-16-13(17)8-7-12-14(15)10-5-3-4-6-11(10)18-12/h3-8H,2,9H2,1H3,(H,16,17). The van der Waals surface area contributed by atoms with Gasteiger partial charge >= 0.3 is 0 Å². The van der Waals surface area contributed by atoms with Crippen LogP contribution in [0.3, 0.4) is 0 Å². The van der Waals surface area contributed by atoms with E-state index >= 15 is 0 Å². The summed E-state index contributed by atoms with van der Waals surface area (Å²) in [5.74, 6) is -0.0784. The van der Waals surface area contributed by atoms with E-state index in [1.165, 1.54) is 6.08 Å². The molecule has 0 atom stereocenters. The molecule has 0 fully saturated rings. The third kappa shape index (κ3) is 2.92. The van der Waals surface area contributed by atoms with Gasteiger partial charge < -0.3 is 5.32 Å². The van der Waals surface area contributed by atoms with Crippen molar-refractivity contribution in [3.05, 3.63) is 40.2 Å². The summed E-state index contributed by atoms with van der Waals surface area (Å²) in [6, 6.07) is 7.96. The Kier molecular flexibility index (Phi) is 4.39. The van der Waals surface area contributed by atoms with Crippen molar-refractivity contribution >= 4 is 45.0 Å². The predicted molar refractivity (Wildman–Crippen MR) is 79.2 cm³/mol. The average molecular weight is 280 g/mol. The van der Waals surface area contributed by atoms with Gasteiger partial charge in [0.2, 0.25) is 5.91 Å². The number of nitrogens with one attached hydrogen (secondary N) is 1. The van der Waals surface area contributed by atoms with E-state index in [0.717, 1.165) is 26.4 Å². The van der Waals surface area contributed by atoms with Crippen LogP contribution in [-0.4, -0.2) is 12.5 Å². The lowest BCUT2D eigenvalue weighted by Gasteiger charge is -1.96. The molecule has 0 radical (unpaired) electrons. The molecule has 0 bridgehead atoms. The zero-order valence-electron chi connectivity index (χ0n) is 10.1. The number of fused-ring (bicyclic) bond motifs is 1. The van der Waals surface area contributed by atoms with Gasteiger partial charge in [-0.3, -0.25) is 4.79 Å². The van der Waals surface area contributed by atoms with Crippen LogP contribution in [0.5, 0.6) is 0 Å². The zero-order chi connectivity index (χ0) is 13.0. The molecule has 1 aromatic heterocycles. The SMILES string of the molecule is CCCNC(=O)C=Cc1sc2ccccc2c1Cl. The van der Waals surface area contributed by atoms with Gasteiger partial charge in [-0.15, -0.1) is 11.3 Å². The average Bonchev–Trinajstić information content (AvgIpc) is 2.71. The minimum absolute atomic E-state index is 0.0784. The molecule has 4 heteroatoms. The van der Waals surface area contributed by atoms with E-state index in [0.29, 0.717) is 6.54 Å². The summed E-state index contributed by atoms with van der Waals surface area (Å²) in [7, 11) is 0. The molecule has 1 amide bonds. The molecule has 94 valence electrons. The Labute approximate surface area is 115 Å². The molecule has 0 saturated carbocycles. The van der Waals surface area contributed by atoms with Gasteiger partial charge in [-0.25, -0.2) is 0 Å². The fourth-order valence-electron chi connectivity index (χ4n) is 1.60. The summed E-state index contributed by atoms with van der Waals surface area (Å²) in [5, 5.41) is 4.55. The van der Waals surface area contributed by atoms with Gasteiger partial charge in [0.1, 0.15) is 0 Å². The minimum atomic E-state index is -0.0784. The quantitative estimate of drug-likeness (QED) is 0.839. The van der Waals surface area contributed by atoms with Gasteiger partial charge in [0.15, 0.2) is 0 Å². The Morgan fingerprint density at radius 1 is 1.44 bits per heavy atom. The van der Waals surface area contributed by atoms with Crippen LogP contribution in [0.1, 0.15) is 18.2 Å². The van der Waals surface area contributed by atoms with Gasteiger partial charge in [-0.1, -0.05) is 36.7 Å². The van der Waals surface area contributed by atoms with Crippen molar-refractivity contribution in [1.29, 1.82) is 0 Å². The van der Waals surface area contributed by atoms with Crippen LogP contribution in [0.4, 0.5) is 0 Å². The molecule has 0 saturated heterocycles. The summed E-state index contributed by atoms with van der Waals surface area (Å²) in [5.41, 5.74) is 0. The molecule has 1 aromatic carbocycles. The minimum Gasteiger partial charge on any atom is -0.353 e. The third-order valence-corrected chi connectivity index (χ3v) is 4.15. The maximum absolute atomic E-state index is 11.5. The highest BCUT2D eigenvalue weighted by Gasteiger charge is 2.07. The van der Waals surface area contributed by atoms with Crippen LogP contribution in [0, 0.1) is 0 Å². The van der Waals surface area contributed by atoms with Gasteiger partial charge in [0.25, 0.3) is 0 Å². The van der Waals surface area contributed by atoms with E-state index in [2.05, 4.69) is 5.32 Å². The number of carbonyl (C=O) groups is 1. The lowest BCUT2D eigenvalue weighted by molar-refractivity contribution is -0.116. The molecular formula is C14H14ClNOS. The Morgan fingerprint density at radius 2 is 2.22 bits per heavy atom. The second-order valence-electron chi connectivity index (χ2n) is 3.90. The van der Waals surface area contributed by atoms with Crippen molar-refractivity contribution in [2.24, 2.45) is 0 Å². The topological polar surface area (TPSA) is 29.1 Å². The van der Waals surface area contributed by atoms with Crippen LogP contribution < -0.4 is 5.32 Å². The molecule has 0 aliphatic rings. The van der Waals surface area contributed by atoms with Gasteiger partial charge in [-0.2, -0.15) is 0 Å². The third-order valence-electron chi connectivity index (χ3n) is 2.50. The van der Waals surface area contributed by atoms with Crippen LogP contribution in [0.15, 0.2) is 30.3 Å². The highest BCUT2D eigenvalue weighted by atomic mass is 35.5. The van der Waals surface area contributed by atoms with Crippen LogP contribution in [0.25, 0.3) is 16.2 Å². The maximum Gasteiger partial charge on any atom is 0.244 e. The van der Waals surface area contributed by atoms with Crippen molar-refractivity contribution in [2.45, 2.75) is 13.3 Å². The largest absolute Gasteiger partial charge is 0.353 e. The first-order valence-corrected chi connectivity index (χ1v) is 7.04. The second kappa shape index (κ2) is 6.03. The molecule has 1 heterocycles. The first-order valence-electron chi connectivity index (χ1n) is 5.85. The van der Waals surface area contributed by atoms with Gasteiger partial charge in [0.05, 0.1) is 5.02 Å². The first-order chi connectivity index (χ1) is 8.72. The monoisotopic (exact) mass is 279 g/mol. The maximum atomic E-state index is 11.5. The summed E-state index contributed by atoms with van der Waals surface area (Å²) in [4.78, 5) is 12.4. The van der Waals surface area contributed by atoms with E-state index in [9.17, 15) is 4.79 Å². The number of amides is 1. The van der Waals surface area contributed by atoms with Crippen LogP contribution >= 0.6 is 22.9 Å². The normalized spacial score (nSPS) is 11.2. The van der Waals surface area contributed by atoms with Crippen molar-refractivity contribution in [1.82, 2.24) is 5.32 Å². The molecule has 2 rings (SSSR count). The number of thiophene rings is 1. The molecule has 0 unspecified atom stereocenters. The smallest absolute Gasteiger partial charge is 0.244 e. The van der Waals surface area contributed by atoms with Crippen molar-refractivity contribution in [2.75, 3.05) is 6.54 Å². The van der Waals surface area contributed by atoms with Crippen LogP contribution in [0.2, 0.25) is 5.02 Å². The molecule has 0 aliphatic carbocycles. The number of halogens is 1. The van der Waals surface area contributed by atoms with Crippen molar-refractivity contribution < 1.29 is 4.79 Å². The van der Waals surface area contributed by atoms with Crippen LogP contribution in [-0.2, 0) is 4.79 Å². The van der Waals surface area contributed by atoms with E-state index in [-0.39, 0.29) is 5.91 Å². The fraction of sp³-hybridized carbons (Fsp3) is 0.214. The number of carbonyl (C=O) groups excluding carboxylic acids is 1. The number of hydrogen-bond donors (Lipinski definition) is 1. The molecule has 0 spiro atoms. The molecule has 18 heavy (non-hydrogen) atoms. The molecular weight excluding hydrogens is 266 g/mol. The van der Waals surface area contributed by atoms with E-state index in [4.69, 9.17) is 11.6 Å². The van der Waals surface area contributed by atoms with Crippen molar-refractivity contribution in [3.8, 4) is 0 Å². The highest BCUT2D eigenvalue weighted by molar-refractivity contribution is 7.20. The van der Waals surface area contributed by atoms with E-state index < -0.39 is 0 Å². The number of benzene rings is 1. The Hall–Kier alpha value is -1.32. The number of hydrogen-bond acceptors (Lipinski definition) is 2. The molecule has 1 N–H and O–H groups in total.